The zero-order valence-electron chi connectivity index (χ0n) is 15.9. The van der Waals surface area contributed by atoms with Crippen LogP contribution in [0.25, 0.3) is 0 Å². The van der Waals surface area contributed by atoms with Crippen molar-refractivity contribution < 1.29 is 19.2 Å². The fraction of sp³-hybridized carbons (Fsp3) is 0.474. The summed E-state index contributed by atoms with van der Waals surface area (Å²) in [6, 6.07) is 8.35. The van der Waals surface area contributed by atoms with E-state index in [0.29, 0.717) is 19.4 Å². The van der Waals surface area contributed by atoms with Gasteiger partial charge in [-0.1, -0.05) is 44.2 Å². The van der Waals surface area contributed by atoms with Crippen LogP contribution in [0.1, 0.15) is 32.8 Å². The Hall–Kier alpha value is -2.90. The summed E-state index contributed by atoms with van der Waals surface area (Å²) in [5, 5.41) is 7.32. The number of carbonyl (C=O) groups is 4. The Balaban J connectivity index is 1.90. The van der Waals surface area contributed by atoms with Crippen LogP contribution in [0.3, 0.4) is 0 Å². The van der Waals surface area contributed by atoms with E-state index in [1.54, 1.807) is 6.92 Å². The molecule has 27 heavy (non-hydrogen) atoms. The van der Waals surface area contributed by atoms with Crippen molar-refractivity contribution in [3.05, 3.63) is 35.9 Å². The molecule has 1 aromatic carbocycles. The lowest BCUT2D eigenvalue weighted by Gasteiger charge is -2.21. The molecule has 1 aliphatic rings. The third-order valence-corrected chi connectivity index (χ3v) is 4.33. The second-order valence-corrected chi connectivity index (χ2v) is 7.29. The molecule has 1 saturated heterocycles. The highest BCUT2D eigenvalue weighted by molar-refractivity contribution is 6.09. The number of rotatable bonds is 7. The minimum atomic E-state index is -1.08. The molecule has 1 aliphatic heterocycles. The molecule has 2 rings (SSSR count). The number of hydrogen-bond donors (Lipinski definition) is 3. The maximum Gasteiger partial charge on any atom is 0.325 e. The lowest BCUT2D eigenvalue weighted by molar-refractivity contribution is -0.134. The van der Waals surface area contributed by atoms with Crippen LogP contribution in [0.5, 0.6) is 0 Å². The quantitative estimate of drug-likeness (QED) is 0.627. The van der Waals surface area contributed by atoms with Crippen molar-refractivity contribution in [1.29, 1.82) is 0 Å². The first-order valence-electron chi connectivity index (χ1n) is 8.97. The maximum absolute atomic E-state index is 12.7. The molecule has 0 spiro atoms. The molecule has 0 aromatic heterocycles. The fourth-order valence-corrected chi connectivity index (χ4v) is 2.75. The largest absolute Gasteiger partial charge is 0.338 e. The van der Waals surface area contributed by atoms with E-state index in [-0.39, 0.29) is 5.92 Å². The molecule has 0 aliphatic carbocycles. The molecule has 3 N–H and O–H groups in total. The van der Waals surface area contributed by atoms with Gasteiger partial charge in [0.15, 0.2) is 0 Å². The summed E-state index contributed by atoms with van der Waals surface area (Å²) in [6.45, 7) is 5.40. The zero-order chi connectivity index (χ0) is 20.0. The van der Waals surface area contributed by atoms with Crippen LogP contribution in [-0.2, 0) is 16.0 Å². The van der Waals surface area contributed by atoms with Crippen molar-refractivity contribution in [3.8, 4) is 0 Å². The van der Waals surface area contributed by atoms with Gasteiger partial charge in [-0.05, 0) is 31.2 Å². The Bertz CT molecular complexity index is 720. The first-order valence-corrected chi connectivity index (χ1v) is 8.97. The summed E-state index contributed by atoms with van der Waals surface area (Å²) in [4.78, 5) is 49.3. The monoisotopic (exact) mass is 374 g/mol. The van der Waals surface area contributed by atoms with Crippen molar-refractivity contribution in [2.45, 2.75) is 39.2 Å². The first kappa shape index (κ1) is 20.4. The van der Waals surface area contributed by atoms with Crippen molar-refractivity contribution in [2.24, 2.45) is 5.92 Å². The van der Waals surface area contributed by atoms with E-state index >= 15 is 0 Å². The Labute approximate surface area is 158 Å². The summed E-state index contributed by atoms with van der Waals surface area (Å²) >= 11 is 0. The second kappa shape index (κ2) is 8.66. The number of nitrogens with one attached hydrogen (secondary N) is 3. The number of urea groups is 2. The molecule has 8 heteroatoms. The molecule has 8 nitrogen and oxygen atoms in total. The smallest absolute Gasteiger partial charge is 0.325 e. The molecule has 146 valence electrons. The molecule has 6 amide bonds. The van der Waals surface area contributed by atoms with E-state index in [0.717, 1.165) is 10.5 Å². The summed E-state index contributed by atoms with van der Waals surface area (Å²) in [5.41, 5.74) is -0.0218. The van der Waals surface area contributed by atoms with Crippen molar-refractivity contribution in [3.63, 3.8) is 0 Å². The number of imide groups is 2. The molecule has 1 heterocycles. The summed E-state index contributed by atoms with van der Waals surface area (Å²) in [7, 11) is 0. The maximum atomic E-state index is 12.7. The van der Waals surface area contributed by atoms with E-state index in [9.17, 15) is 19.2 Å². The van der Waals surface area contributed by atoms with E-state index < -0.39 is 36.0 Å². The highest BCUT2D eigenvalue weighted by atomic mass is 16.2. The Morgan fingerprint density at radius 1 is 1.19 bits per heavy atom. The molecule has 1 atom stereocenters. The van der Waals surface area contributed by atoms with Crippen molar-refractivity contribution in [1.82, 2.24) is 20.9 Å². The van der Waals surface area contributed by atoms with Gasteiger partial charge in [0.2, 0.25) is 5.91 Å². The summed E-state index contributed by atoms with van der Waals surface area (Å²) in [6.07, 6.45) is 1.02. The first-order chi connectivity index (χ1) is 12.7. The SMILES string of the molecule is CC(C)CNC(=O)NC(=O)CN1C(=O)N[C@@](C)(CCc2ccccc2)C1=O. The predicted octanol–water partition coefficient (Wildman–Crippen LogP) is 1.41. The number of nitrogens with zero attached hydrogens (tertiary/aromatic N) is 1. The molecule has 0 bridgehead atoms. The fourth-order valence-electron chi connectivity index (χ4n) is 2.75. The summed E-state index contributed by atoms with van der Waals surface area (Å²) in [5.74, 6) is -0.949. The second-order valence-electron chi connectivity index (χ2n) is 7.29. The van der Waals surface area contributed by atoms with Gasteiger partial charge in [0.25, 0.3) is 5.91 Å². The van der Waals surface area contributed by atoms with Crippen LogP contribution < -0.4 is 16.0 Å². The predicted molar refractivity (Wildman–Crippen MR) is 99.8 cm³/mol. The van der Waals surface area contributed by atoms with Crippen LogP contribution in [0.15, 0.2) is 30.3 Å². The Morgan fingerprint density at radius 2 is 1.85 bits per heavy atom. The minimum absolute atomic E-state index is 0.238. The topological polar surface area (TPSA) is 108 Å². The van der Waals surface area contributed by atoms with Gasteiger partial charge in [0, 0.05) is 6.54 Å². The van der Waals surface area contributed by atoms with E-state index in [1.807, 2.05) is 44.2 Å². The molecular weight excluding hydrogens is 348 g/mol. The van der Waals surface area contributed by atoms with Gasteiger partial charge in [0.1, 0.15) is 12.1 Å². The van der Waals surface area contributed by atoms with Gasteiger partial charge in [-0.25, -0.2) is 9.59 Å². The summed E-state index contributed by atoms with van der Waals surface area (Å²) < 4.78 is 0. The van der Waals surface area contributed by atoms with Gasteiger partial charge >= 0.3 is 12.1 Å². The Kier molecular flexibility index (Phi) is 6.55. The van der Waals surface area contributed by atoms with E-state index in [1.165, 1.54) is 0 Å². The lowest BCUT2D eigenvalue weighted by atomic mass is 9.93. The highest BCUT2D eigenvalue weighted by Crippen LogP contribution is 2.23. The van der Waals surface area contributed by atoms with Gasteiger partial charge in [-0.3, -0.25) is 19.8 Å². The highest BCUT2D eigenvalue weighted by Gasteiger charge is 2.47. The van der Waals surface area contributed by atoms with Crippen molar-refractivity contribution >= 4 is 23.9 Å². The van der Waals surface area contributed by atoms with Crippen LogP contribution in [0.4, 0.5) is 9.59 Å². The molecule has 0 saturated carbocycles. The molecule has 0 radical (unpaired) electrons. The number of amides is 6. The van der Waals surface area contributed by atoms with Gasteiger partial charge in [-0.15, -0.1) is 0 Å². The minimum Gasteiger partial charge on any atom is -0.338 e. The Morgan fingerprint density at radius 3 is 2.48 bits per heavy atom. The van der Waals surface area contributed by atoms with Crippen LogP contribution >= 0.6 is 0 Å². The molecular formula is C19H26N4O4. The lowest BCUT2D eigenvalue weighted by Crippen LogP contribution is -2.48. The number of carbonyl (C=O) groups excluding carboxylic acids is 4. The van der Waals surface area contributed by atoms with Crippen molar-refractivity contribution in [2.75, 3.05) is 13.1 Å². The number of hydrogen-bond acceptors (Lipinski definition) is 4. The van der Waals surface area contributed by atoms with Gasteiger partial charge < -0.3 is 10.6 Å². The number of aryl methyl sites for hydroxylation is 1. The molecule has 0 unspecified atom stereocenters. The average molecular weight is 374 g/mol. The third-order valence-electron chi connectivity index (χ3n) is 4.33. The number of benzene rings is 1. The zero-order valence-corrected chi connectivity index (χ0v) is 15.9. The average Bonchev–Trinajstić information content (AvgIpc) is 2.83. The third kappa shape index (κ3) is 5.54. The van der Waals surface area contributed by atoms with Crippen LogP contribution in [0.2, 0.25) is 0 Å². The standard InChI is InChI=1S/C19H26N4O4/c1-13(2)11-20-17(26)21-15(24)12-23-16(25)19(3,22-18(23)27)10-9-14-7-5-4-6-8-14/h4-8,13H,9-12H2,1-3H3,(H,22,27)(H2,20,21,24,26)/t19-/m0/s1. The normalized spacial score (nSPS) is 19.2. The van der Waals surface area contributed by atoms with Gasteiger partial charge in [0.05, 0.1) is 0 Å². The van der Waals surface area contributed by atoms with E-state index in [4.69, 9.17) is 0 Å². The van der Waals surface area contributed by atoms with Gasteiger partial charge in [-0.2, -0.15) is 0 Å². The molecule has 1 aromatic rings. The molecule has 1 fully saturated rings. The van der Waals surface area contributed by atoms with E-state index in [2.05, 4.69) is 16.0 Å². The van der Waals surface area contributed by atoms with Crippen LogP contribution in [-0.4, -0.2) is 47.4 Å². The van der Waals surface area contributed by atoms with Crippen LogP contribution in [0, 0.1) is 5.92 Å².